The highest BCUT2D eigenvalue weighted by atomic mass is 79.9. The van der Waals surface area contributed by atoms with Crippen molar-refractivity contribution in [3.63, 3.8) is 0 Å². The van der Waals surface area contributed by atoms with Crippen molar-refractivity contribution < 1.29 is 35.1 Å². The fourth-order valence-corrected chi connectivity index (χ4v) is 2.95. The van der Waals surface area contributed by atoms with Crippen molar-refractivity contribution >= 4 is 60.4 Å². The Balaban J connectivity index is 0.000000253. The molecular weight excluding hydrogens is 540 g/mol. The number of carboxylic acid groups (broad SMARTS) is 2. The van der Waals surface area contributed by atoms with E-state index in [0.29, 0.717) is 14.6 Å². The average Bonchev–Trinajstić information content (AvgIpc) is 2.75. The average molecular weight is 560 g/mol. The van der Waals surface area contributed by atoms with Crippen LogP contribution in [0.25, 0.3) is 10.9 Å². The molecule has 0 amide bonds. The maximum Gasteiger partial charge on any atom is 0.335 e. The molecule has 1 aromatic heterocycles. The summed E-state index contributed by atoms with van der Waals surface area (Å²) in [7, 11) is 0. The van der Waals surface area contributed by atoms with E-state index in [0.717, 1.165) is 10.9 Å². The molecule has 0 saturated carbocycles. The van der Waals surface area contributed by atoms with Gasteiger partial charge < -0.3 is 31.3 Å². The highest BCUT2D eigenvalue weighted by Crippen LogP contribution is 2.23. The van der Waals surface area contributed by atoms with Crippen molar-refractivity contribution in [3.05, 3.63) is 68.7 Å². The lowest BCUT2D eigenvalue weighted by atomic mass is 10.1. The SMILES string of the molecule is Nc1ccc(C(=O)O)cc1Br.O=C(O)c1cc(Br)c2ncccc2c1.OCC(O)CO. The molecule has 0 unspecified atom stereocenters. The van der Waals surface area contributed by atoms with Crippen molar-refractivity contribution in [2.24, 2.45) is 0 Å². The van der Waals surface area contributed by atoms with Gasteiger partial charge in [-0.3, -0.25) is 4.98 Å². The molecule has 3 rings (SSSR count). The van der Waals surface area contributed by atoms with Gasteiger partial charge in [0.2, 0.25) is 0 Å². The number of nitrogen functional groups attached to an aromatic ring is 1. The summed E-state index contributed by atoms with van der Waals surface area (Å²) < 4.78 is 1.31. The van der Waals surface area contributed by atoms with Gasteiger partial charge in [-0.15, -0.1) is 0 Å². The number of aliphatic hydroxyl groups excluding tert-OH is 3. The van der Waals surface area contributed by atoms with Gasteiger partial charge in [0.1, 0.15) is 6.10 Å². The molecule has 0 atom stereocenters. The Kier molecular flexibility index (Phi) is 11.1. The van der Waals surface area contributed by atoms with Gasteiger partial charge in [0.15, 0.2) is 0 Å². The van der Waals surface area contributed by atoms with Gasteiger partial charge >= 0.3 is 11.9 Å². The van der Waals surface area contributed by atoms with E-state index in [-0.39, 0.29) is 24.3 Å². The highest BCUT2D eigenvalue weighted by Gasteiger charge is 2.07. The van der Waals surface area contributed by atoms with Crippen LogP contribution < -0.4 is 5.73 Å². The topological polar surface area (TPSA) is 174 Å². The molecule has 0 spiro atoms. The molecule has 0 aliphatic rings. The monoisotopic (exact) mass is 558 g/mol. The van der Waals surface area contributed by atoms with Crippen LogP contribution >= 0.6 is 31.9 Å². The van der Waals surface area contributed by atoms with Gasteiger partial charge in [-0.2, -0.15) is 0 Å². The van der Waals surface area contributed by atoms with Gasteiger partial charge in [0.25, 0.3) is 0 Å². The summed E-state index contributed by atoms with van der Waals surface area (Å²) in [6.07, 6.45) is 0.720. The lowest BCUT2D eigenvalue weighted by Crippen LogP contribution is -2.15. The van der Waals surface area contributed by atoms with Crippen LogP contribution in [-0.4, -0.2) is 61.8 Å². The molecule has 11 heteroatoms. The Morgan fingerprint density at radius 2 is 1.52 bits per heavy atom. The van der Waals surface area contributed by atoms with Crippen LogP contribution in [0.15, 0.2) is 57.6 Å². The summed E-state index contributed by atoms with van der Waals surface area (Å²) in [5.41, 5.74) is 7.25. The highest BCUT2D eigenvalue weighted by molar-refractivity contribution is 9.11. The van der Waals surface area contributed by atoms with E-state index in [2.05, 4.69) is 36.8 Å². The van der Waals surface area contributed by atoms with Gasteiger partial charge in [-0.05, 0) is 68.3 Å². The first-order chi connectivity index (χ1) is 14.6. The van der Waals surface area contributed by atoms with Crippen molar-refractivity contribution in [1.29, 1.82) is 0 Å². The number of carbonyl (C=O) groups is 2. The van der Waals surface area contributed by atoms with Crippen LogP contribution in [0, 0.1) is 0 Å². The number of carboxylic acids is 2. The number of hydrogen-bond acceptors (Lipinski definition) is 7. The Labute approximate surface area is 194 Å². The summed E-state index contributed by atoms with van der Waals surface area (Å²) in [4.78, 5) is 25.3. The number of halogens is 2. The smallest absolute Gasteiger partial charge is 0.335 e. The Hall–Kier alpha value is -2.57. The van der Waals surface area contributed by atoms with E-state index in [1.165, 1.54) is 12.1 Å². The van der Waals surface area contributed by atoms with Crippen LogP contribution in [0.4, 0.5) is 5.69 Å². The third-order valence-corrected chi connectivity index (χ3v) is 4.87. The molecule has 0 radical (unpaired) electrons. The van der Waals surface area contributed by atoms with E-state index >= 15 is 0 Å². The minimum absolute atomic E-state index is 0.228. The first-order valence-electron chi connectivity index (χ1n) is 8.56. The standard InChI is InChI=1S/C10H6BrNO2.C7H6BrNO2.C3H8O3/c11-8-5-7(10(13)14)4-6-2-1-3-12-9(6)8;8-5-3-4(7(10)11)1-2-6(5)9;4-1-3(6)2-5/h1-5H,(H,13,14);1-3H,9H2,(H,10,11);3-6H,1-2H2. The van der Waals surface area contributed by atoms with Crippen LogP contribution in [0.5, 0.6) is 0 Å². The molecule has 0 aliphatic carbocycles. The molecule has 9 nitrogen and oxygen atoms in total. The Bertz CT molecular complexity index is 1040. The minimum Gasteiger partial charge on any atom is -0.478 e. The van der Waals surface area contributed by atoms with Gasteiger partial charge in [-0.1, -0.05) is 6.07 Å². The second kappa shape index (κ2) is 13.0. The summed E-state index contributed by atoms with van der Waals surface area (Å²) in [6, 6.07) is 11.3. The molecule has 0 bridgehead atoms. The number of aromatic nitrogens is 1. The second-order valence-electron chi connectivity index (χ2n) is 5.90. The molecule has 0 fully saturated rings. The minimum atomic E-state index is -0.954. The van der Waals surface area contributed by atoms with E-state index in [1.807, 2.05) is 6.07 Å². The number of aliphatic hydroxyl groups is 3. The number of hydrogen-bond donors (Lipinski definition) is 6. The molecule has 7 N–H and O–H groups in total. The van der Waals surface area contributed by atoms with Crippen LogP contribution in [0.2, 0.25) is 0 Å². The van der Waals surface area contributed by atoms with E-state index in [1.54, 1.807) is 30.5 Å². The molecule has 3 aromatic rings. The number of nitrogens with zero attached hydrogens (tertiary/aromatic N) is 1. The number of benzene rings is 2. The number of anilines is 1. The zero-order valence-corrected chi connectivity index (χ0v) is 19.1. The van der Waals surface area contributed by atoms with Crippen LogP contribution in [0.3, 0.4) is 0 Å². The third kappa shape index (κ3) is 8.59. The predicted molar refractivity (Wildman–Crippen MR) is 122 cm³/mol. The number of pyridine rings is 1. The normalized spacial score (nSPS) is 10.0. The zero-order valence-electron chi connectivity index (χ0n) is 15.9. The van der Waals surface area contributed by atoms with Crippen molar-refractivity contribution in [2.45, 2.75) is 6.10 Å². The summed E-state index contributed by atoms with van der Waals surface area (Å²) >= 11 is 6.42. The lowest BCUT2D eigenvalue weighted by Gasteiger charge is -2.01. The number of aromatic carboxylic acids is 2. The van der Waals surface area contributed by atoms with Gasteiger partial charge in [0, 0.05) is 26.2 Å². The molecule has 0 saturated heterocycles. The van der Waals surface area contributed by atoms with E-state index < -0.39 is 18.0 Å². The van der Waals surface area contributed by atoms with Gasteiger partial charge in [-0.25, -0.2) is 9.59 Å². The van der Waals surface area contributed by atoms with Crippen LogP contribution in [0.1, 0.15) is 20.7 Å². The summed E-state index contributed by atoms with van der Waals surface area (Å²) in [5, 5.41) is 42.2. The van der Waals surface area contributed by atoms with Crippen molar-refractivity contribution in [1.82, 2.24) is 4.98 Å². The fraction of sp³-hybridized carbons (Fsp3) is 0.150. The first-order valence-corrected chi connectivity index (χ1v) is 10.1. The Morgan fingerprint density at radius 3 is 2.00 bits per heavy atom. The summed E-state index contributed by atoms with van der Waals surface area (Å²) in [6.45, 7) is -0.729. The second-order valence-corrected chi connectivity index (χ2v) is 7.61. The maximum atomic E-state index is 10.8. The van der Waals surface area contributed by atoms with Gasteiger partial charge in [0.05, 0.1) is 29.9 Å². The zero-order chi connectivity index (χ0) is 23.6. The van der Waals surface area contributed by atoms with Crippen molar-refractivity contribution in [3.8, 4) is 0 Å². The number of nitrogens with two attached hydrogens (primary N) is 1. The molecule has 0 aliphatic heterocycles. The third-order valence-electron chi connectivity index (χ3n) is 3.57. The molecule has 1 heterocycles. The number of fused-ring (bicyclic) bond motifs is 1. The predicted octanol–water partition coefficient (Wildman–Crippen LogP) is 2.76. The molecule has 31 heavy (non-hydrogen) atoms. The first kappa shape index (κ1) is 26.5. The number of rotatable bonds is 4. The molecule has 2 aromatic carbocycles. The summed E-state index contributed by atoms with van der Waals surface area (Å²) in [5.74, 6) is -1.89. The molecular formula is C20H20Br2N2O7. The van der Waals surface area contributed by atoms with Crippen LogP contribution in [-0.2, 0) is 0 Å². The fourth-order valence-electron chi connectivity index (χ4n) is 1.99. The maximum absolute atomic E-state index is 10.8. The quantitative estimate of drug-likeness (QED) is 0.262. The van der Waals surface area contributed by atoms with Crippen molar-refractivity contribution in [2.75, 3.05) is 18.9 Å². The Morgan fingerprint density at radius 1 is 0.935 bits per heavy atom. The largest absolute Gasteiger partial charge is 0.478 e. The van der Waals surface area contributed by atoms with E-state index in [4.69, 9.17) is 31.3 Å². The molecule has 166 valence electrons. The van der Waals surface area contributed by atoms with E-state index in [9.17, 15) is 9.59 Å². The lowest BCUT2D eigenvalue weighted by molar-refractivity contribution is 0.0450.